The largest absolute Gasteiger partial charge is 0.490 e. The number of hydrazone groups is 1. The normalized spacial score (nSPS) is 10.6. The van der Waals surface area contributed by atoms with Gasteiger partial charge in [0.05, 0.1) is 28.7 Å². The fourth-order valence-corrected chi connectivity index (χ4v) is 3.78. The first-order valence-corrected chi connectivity index (χ1v) is 11.7. The van der Waals surface area contributed by atoms with Crippen LogP contribution in [-0.2, 0) is 9.53 Å². The van der Waals surface area contributed by atoms with Crippen LogP contribution in [0.5, 0.6) is 11.5 Å². The number of rotatable bonds is 10. The average molecular weight is 587 g/mol. The van der Waals surface area contributed by atoms with E-state index < -0.39 is 11.5 Å². The SMILES string of the molecule is CCOC(=O)COc1c(I)cc(C=NNc2nc(-c3ccccc3)c(C#N)c(=O)[nH]2)cc1OCC. The van der Waals surface area contributed by atoms with Crippen LogP contribution in [0.2, 0.25) is 0 Å². The number of esters is 1. The summed E-state index contributed by atoms with van der Waals surface area (Å²) in [5.41, 5.74) is 3.60. The first-order chi connectivity index (χ1) is 17.0. The van der Waals surface area contributed by atoms with E-state index in [1.165, 1.54) is 6.21 Å². The third-order valence-electron chi connectivity index (χ3n) is 4.43. The highest BCUT2D eigenvalue weighted by Gasteiger charge is 2.15. The molecule has 35 heavy (non-hydrogen) atoms. The topological polar surface area (TPSA) is 139 Å². The summed E-state index contributed by atoms with van der Waals surface area (Å²) in [5.74, 6) is 0.482. The molecule has 180 valence electrons. The van der Waals surface area contributed by atoms with E-state index in [1.54, 1.807) is 43.3 Å². The second kappa shape index (κ2) is 12.5. The molecule has 3 aromatic rings. The van der Waals surface area contributed by atoms with Crippen LogP contribution in [0.25, 0.3) is 11.3 Å². The molecule has 0 spiro atoms. The first-order valence-electron chi connectivity index (χ1n) is 10.6. The number of carbonyl (C=O) groups excluding carboxylic acids is 1. The standard InChI is InChI=1S/C24H22IN5O5/c1-3-33-19-11-15(10-18(25)22(19)35-14-20(31)34-4-2)13-27-30-24-28-21(16-8-6-5-7-9-16)17(12-26)23(32)29-24/h5-11,13H,3-4,14H2,1-2H3,(H2,28,29,30,32). The third kappa shape index (κ3) is 6.80. The summed E-state index contributed by atoms with van der Waals surface area (Å²) < 4.78 is 16.9. The molecule has 2 aromatic carbocycles. The monoisotopic (exact) mass is 587 g/mol. The number of nitrogens with zero attached hydrogens (tertiary/aromatic N) is 3. The van der Waals surface area contributed by atoms with Crippen LogP contribution in [0.1, 0.15) is 25.0 Å². The number of H-pyrrole nitrogens is 1. The molecule has 0 amide bonds. The Balaban J connectivity index is 1.83. The van der Waals surface area contributed by atoms with E-state index in [4.69, 9.17) is 14.2 Å². The predicted molar refractivity (Wildman–Crippen MR) is 139 cm³/mol. The summed E-state index contributed by atoms with van der Waals surface area (Å²) in [5, 5.41) is 13.5. The van der Waals surface area contributed by atoms with Crippen LogP contribution >= 0.6 is 22.6 Å². The van der Waals surface area contributed by atoms with E-state index in [2.05, 4.69) is 43.1 Å². The lowest BCUT2D eigenvalue weighted by atomic mass is 10.1. The molecule has 0 aliphatic carbocycles. The number of aromatic nitrogens is 2. The lowest BCUT2D eigenvalue weighted by molar-refractivity contribution is -0.145. The zero-order chi connectivity index (χ0) is 25.2. The molecule has 11 heteroatoms. The second-order valence-electron chi connectivity index (χ2n) is 6.84. The highest BCUT2D eigenvalue weighted by Crippen LogP contribution is 2.34. The minimum Gasteiger partial charge on any atom is -0.490 e. The van der Waals surface area contributed by atoms with Crippen LogP contribution in [0.4, 0.5) is 5.95 Å². The molecule has 0 aliphatic rings. The first kappa shape index (κ1) is 25.7. The van der Waals surface area contributed by atoms with Gasteiger partial charge in [-0.05, 0) is 54.1 Å². The average Bonchev–Trinajstić information content (AvgIpc) is 2.84. The van der Waals surface area contributed by atoms with Gasteiger partial charge in [-0.2, -0.15) is 10.4 Å². The maximum atomic E-state index is 12.4. The zero-order valence-corrected chi connectivity index (χ0v) is 21.2. The van der Waals surface area contributed by atoms with E-state index in [-0.39, 0.29) is 30.4 Å². The van der Waals surface area contributed by atoms with E-state index >= 15 is 0 Å². The lowest BCUT2D eigenvalue weighted by Gasteiger charge is -2.14. The highest BCUT2D eigenvalue weighted by molar-refractivity contribution is 14.1. The molecule has 0 bridgehead atoms. The minimum atomic E-state index is -0.574. The van der Waals surface area contributed by atoms with E-state index in [0.717, 1.165) is 0 Å². The molecule has 0 saturated carbocycles. The molecule has 0 fully saturated rings. The van der Waals surface area contributed by atoms with E-state index in [9.17, 15) is 14.9 Å². The Morgan fingerprint density at radius 1 is 1.23 bits per heavy atom. The van der Waals surface area contributed by atoms with Crippen LogP contribution in [0.3, 0.4) is 0 Å². The molecule has 2 N–H and O–H groups in total. The summed E-state index contributed by atoms with van der Waals surface area (Å²) in [6.07, 6.45) is 1.51. The van der Waals surface area contributed by atoms with Crippen molar-refractivity contribution in [3.8, 4) is 28.8 Å². The molecule has 3 rings (SSSR count). The number of benzene rings is 2. The molecule has 0 atom stereocenters. The molecule has 0 radical (unpaired) electrons. The Hall–Kier alpha value is -3.92. The van der Waals surface area contributed by atoms with Crippen molar-refractivity contribution in [3.05, 3.63) is 67.5 Å². The molecule has 0 saturated heterocycles. The van der Waals surface area contributed by atoms with Crippen molar-refractivity contribution in [2.75, 3.05) is 25.2 Å². The van der Waals surface area contributed by atoms with Gasteiger partial charge >= 0.3 is 5.97 Å². The van der Waals surface area contributed by atoms with Gasteiger partial charge in [-0.15, -0.1) is 0 Å². The fourth-order valence-electron chi connectivity index (χ4n) is 3.00. The van der Waals surface area contributed by atoms with Crippen LogP contribution < -0.4 is 20.5 Å². The number of carbonyl (C=O) groups is 1. The molecule has 0 aliphatic heterocycles. The number of nitrogens with one attached hydrogen (secondary N) is 2. The molecule has 10 nitrogen and oxygen atoms in total. The van der Waals surface area contributed by atoms with Crippen LogP contribution in [0.15, 0.2) is 52.4 Å². The molecule has 0 unspecified atom stereocenters. The highest BCUT2D eigenvalue weighted by atomic mass is 127. The maximum Gasteiger partial charge on any atom is 0.344 e. The second-order valence-corrected chi connectivity index (χ2v) is 8.00. The number of nitriles is 1. The Morgan fingerprint density at radius 3 is 2.69 bits per heavy atom. The van der Waals surface area contributed by atoms with Crippen molar-refractivity contribution in [2.45, 2.75) is 13.8 Å². The molecule has 1 heterocycles. The van der Waals surface area contributed by atoms with Gasteiger partial charge in [-0.25, -0.2) is 15.2 Å². The van der Waals surface area contributed by atoms with E-state index in [1.807, 2.05) is 19.1 Å². The summed E-state index contributed by atoms with van der Waals surface area (Å²) in [6, 6.07) is 14.3. The van der Waals surface area contributed by atoms with Gasteiger partial charge in [-0.1, -0.05) is 30.3 Å². The van der Waals surface area contributed by atoms with Gasteiger partial charge in [0.15, 0.2) is 18.1 Å². The van der Waals surface area contributed by atoms with Gasteiger partial charge in [0, 0.05) is 5.56 Å². The number of ether oxygens (including phenoxy) is 3. The minimum absolute atomic E-state index is 0.0817. The number of aromatic amines is 1. The van der Waals surface area contributed by atoms with Gasteiger partial charge in [0.25, 0.3) is 5.56 Å². The summed E-state index contributed by atoms with van der Waals surface area (Å²) in [6.45, 7) is 3.98. The van der Waals surface area contributed by atoms with Gasteiger partial charge in [0.1, 0.15) is 11.6 Å². The van der Waals surface area contributed by atoms with Crippen molar-refractivity contribution >= 4 is 40.7 Å². The Kier molecular flexibility index (Phi) is 9.19. The van der Waals surface area contributed by atoms with Gasteiger partial charge in [0.2, 0.25) is 5.95 Å². The summed E-state index contributed by atoms with van der Waals surface area (Å²) >= 11 is 2.08. The van der Waals surface area contributed by atoms with Crippen molar-refractivity contribution in [3.63, 3.8) is 0 Å². The van der Waals surface area contributed by atoms with Crippen LogP contribution in [0, 0.1) is 14.9 Å². The quantitative estimate of drug-likeness (QED) is 0.159. The lowest BCUT2D eigenvalue weighted by Crippen LogP contribution is -2.16. The number of hydrogen-bond acceptors (Lipinski definition) is 9. The molecular formula is C24H22IN5O5. The predicted octanol–water partition coefficient (Wildman–Crippen LogP) is 3.70. The van der Waals surface area contributed by atoms with Crippen LogP contribution in [-0.4, -0.2) is 42.0 Å². The van der Waals surface area contributed by atoms with E-state index in [0.29, 0.717) is 32.8 Å². The fraction of sp³-hybridized carbons (Fsp3) is 0.208. The summed E-state index contributed by atoms with van der Waals surface area (Å²) in [7, 11) is 0. The summed E-state index contributed by atoms with van der Waals surface area (Å²) in [4.78, 5) is 30.9. The van der Waals surface area contributed by atoms with Gasteiger partial charge in [-0.3, -0.25) is 9.78 Å². The Labute approximate surface area is 215 Å². The number of anilines is 1. The third-order valence-corrected chi connectivity index (χ3v) is 5.24. The van der Waals surface area contributed by atoms with Crippen molar-refractivity contribution in [1.82, 2.24) is 9.97 Å². The molecule has 1 aromatic heterocycles. The maximum absolute atomic E-state index is 12.4. The number of hydrogen-bond donors (Lipinski definition) is 2. The van der Waals surface area contributed by atoms with Crippen molar-refractivity contribution in [1.29, 1.82) is 5.26 Å². The van der Waals surface area contributed by atoms with Crippen molar-refractivity contribution < 1.29 is 19.0 Å². The number of halogens is 1. The zero-order valence-electron chi connectivity index (χ0n) is 19.0. The smallest absolute Gasteiger partial charge is 0.344 e. The Bertz CT molecular complexity index is 1320. The molecular weight excluding hydrogens is 565 g/mol. The van der Waals surface area contributed by atoms with Crippen molar-refractivity contribution in [2.24, 2.45) is 5.10 Å². The Morgan fingerprint density at radius 2 is 2.00 bits per heavy atom. The van der Waals surface area contributed by atoms with Gasteiger partial charge < -0.3 is 14.2 Å².